The SMILES string of the molecule is CCOC(c1nc2c(c(C(=O)OC)n1)CNCC2)C(C)C. The number of aromatic nitrogens is 2. The van der Waals surface area contributed by atoms with Crippen molar-refractivity contribution in [3.63, 3.8) is 0 Å². The number of hydrogen-bond donors (Lipinski definition) is 1. The van der Waals surface area contributed by atoms with Crippen LogP contribution in [0.25, 0.3) is 0 Å². The summed E-state index contributed by atoms with van der Waals surface area (Å²) in [5, 5.41) is 3.24. The maximum Gasteiger partial charge on any atom is 0.357 e. The molecule has 0 bridgehead atoms. The Labute approximate surface area is 125 Å². The molecule has 0 aromatic carbocycles. The summed E-state index contributed by atoms with van der Waals surface area (Å²) in [6.45, 7) is 8.09. The Morgan fingerprint density at radius 2 is 2.14 bits per heavy atom. The van der Waals surface area contributed by atoms with E-state index in [4.69, 9.17) is 9.47 Å². The summed E-state index contributed by atoms with van der Waals surface area (Å²) in [5.41, 5.74) is 2.12. The summed E-state index contributed by atoms with van der Waals surface area (Å²) >= 11 is 0. The lowest BCUT2D eigenvalue weighted by atomic mass is 10.0. The monoisotopic (exact) mass is 293 g/mol. The number of rotatable bonds is 5. The van der Waals surface area contributed by atoms with Gasteiger partial charge >= 0.3 is 5.97 Å². The van der Waals surface area contributed by atoms with E-state index in [0.29, 0.717) is 24.7 Å². The van der Waals surface area contributed by atoms with Crippen LogP contribution in [0.2, 0.25) is 0 Å². The molecule has 0 radical (unpaired) electrons. The minimum atomic E-state index is -0.419. The summed E-state index contributed by atoms with van der Waals surface area (Å²) in [6, 6.07) is 0. The molecular weight excluding hydrogens is 270 g/mol. The average molecular weight is 293 g/mol. The molecule has 1 aliphatic rings. The normalized spacial score (nSPS) is 15.7. The highest BCUT2D eigenvalue weighted by Gasteiger charge is 2.27. The van der Waals surface area contributed by atoms with Gasteiger partial charge in [0, 0.05) is 31.7 Å². The van der Waals surface area contributed by atoms with E-state index in [2.05, 4.69) is 29.1 Å². The van der Waals surface area contributed by atoms with Gasteiger partial charge in [-0.1, -0.05) is 13.8 Å². The van der Waals surface area contributed by atoms with Crippen LogP contribution in [0.15, 0.2) is 0 Å². The second-order valence-corrected chi connectivity index (χ2v) is 5.39. The van der Waals surface area contributed by atoms with Gasteiger partial charge in [0.1, 0.15) is 6.10 Å². The lowest BCUT2D eigenvalue weighted by Gasteiger charge is -2.24. The van der Waals surface area contributed by atoms with Gasteiger partial charge in [-0.15, -0.1) is 0 Å². The first kappa shape index (κ1) is 15.9. The minimum absolute atomic E-state index is 0.210. The molecule has 1 atom stereocenters. The number of carbonyl (C=O) groups excluding carboxylic acids is 1. The highest BCUT2D eigenvalue weighted by Crippen LogP contribution is 2.26. The highest BCUT2D eigenvalue weighted by molar-refractivity contribution is 5.89. The molecule has 0 saturated carbocycles. The standard InChI is InChI=1S/C15H23N3O3/c1-5-21-13(9(2)3)14-17-11-6-7-16-8-10(11)12(18-14)15(19)20-4/h9,13,16H,5-8H2,1-4H3. The van der Waals surface area contributed by atoms with E-state index >= 15 is 0 Å². The lowest BCUT2D eigenvalue weighted by molar-refractivity contribution is 0.0225. The summed E-state index contributed by atoms with van der Waals surface area (Å²) < 4.78 is 10.6. The molecule has 1 aromatic rings. The van der Waals surface area contributed by atoms with E-state index in [1.54, 1.807) is 0 Å². The molecule has 0 aliphatic carbocycles. The van der Waals surface area contributed by atoms with Gasteiger partial charge in [0.05, 0.1) is 12.8 Å². The topological polar surface area (TPSA) is 73.3 Å². The largest absolute Gasteiger partial charge is 0.464 e. The van der Waals surface area contributed by atoms with Crippen molar-refractivity contribution in [3.8, 4) is 0 Å². The van der Waals surface area contributed by atoms with Crippen LogP contribution < -0.4 is 5.32 Å². The Morgan fingerprint density at radius 3 is 2.76 bits per heavy atom. The number of methoxy groups -OCH3 is 1. The number of esters is 1. The number of ether oxygens (including phenoxy) is 2. The Balaban J connectivity index is 2.49. The van der Waals surface area contributed by atoms with E-state index in [1.807, 2.05) is 6.92 Å². The summed E-state index contributed by atoms with van der Waals surface area (Å²) in [6.07, 6.45) is 0.574. The molecule has 6 heteroatoms. The average Bonchev–Trinajstić information content (AvgIpc) is 2.50. The van der Waals surface area contributed by atoms with Crippen LogP contribution in [-0.2, 0) is 22.4 Å². The van der Waals surface area contributed by atoms with E-state index in [0.717, 1.165) is 24.2 Å². The third kappa shape index (κ3) is 3.39. The second kappa shape index (κ2) is 6.95. The number of nitrogens with one attached hydrogen (secondary N) is 1. The molecule has 0 saturated heterocycles. The molecule has 0 spiro atoms. The Morgan fingerprint density at radius 1 is 1.38 bits per heavy atom. The zero-order valence-corrected chi connectivity index (χ0v) is 13.1. The number of nitrogens with zero attached hydrogens (tertiary/aromatic N) is 2. The smallest absolute Gasteiger partial charge is 0.357 e. The molecule has 116 valence electrons. The molecule has 0 amide bonds. The quantitative estimate of drug-likeness (QED) is 0.832. The van der Waals surface area contributed by atoms with Crippen molar-refractivity contribution in [1.82, 2.24) is 15.3 Å². The molecule has 0 fully saturated rings. The van der Waals surface area contributed by atoms with Gasteiger partial charge in [0.2, 0.25) is 0 Å². The minimum Gasteiger partial charge on any atom is -0.464 e. The Kier molecular flexibility index (Phi) is 5.25. The van der Waals surface area contributed by atoms with Gasteiger partial charge in [-0.25, -0.2) is 14.8 Å². The molecule has 1 unspecified atom stereocenters. The predicted molar refractivity (Wildman–Crippen MR) is 78.0 cm³/mol. The molecule has 1 N–H and O–H groups in total. The fourth-order valence-electron chi connectivity index (χ4n) is 2.50. The summed E-state index contributed by atoms with van der Waals surface area (Å²) in [5.74, 6) is 0.390. The summed E-state index contributed by atoms with van der Waals surface area (Å²) in [7, 11) is 1.37. The van der Waals surface area contributed by atoms with Gasteiger partial charge in [-0.3, -0.25) is 0 Å². The lowest BCUT2D eigenvalue weighted by Crippen LogP contribution is -2.29. The third-order valence-corrected chi connectivity index (χ3v) is 3.54. The van der Waals surface area contributed by atoms with Gasteiger partial charge in [-0.2, -0.15) is 0 Å². The summed E-state index contributed by atoms with van der Waals surface area (Å²) in [4.78, 5) is 21.1. The van der Waals surface area contributed by atoms with Gasteiger partial charge in [0.25, 0.3) is 0 Å². The van der Waals surface area contributed by atoms with Gasteiger partial charge in [-0.05, 0) is 12.8 Å². The first-order valence-corrected chi connectivity index (χ1v) is 7.38. The van der Waals surface area contributed by atoms with E-state index in [1.165, 1.54) is 7.11 Å². The Hall–Kier alpha value is -1.53. The van der Waals surface area contributed by atoms with Crippen LogP contribution in [0.5, 0.6) is 0 Å². The Bertz CT molecular complexity index is 517. The maximum absolute atomic E-state index is 12.0. The van der Waals surface area contributed by atoms with Crippen LogP contribution in [0, 0.1) is 5.92 Å². The van der Waals surface area contributed by atoms with Crippen molar-refractivity contribution >= 4 is 5.97 Å². The first-order valence-electron chi connectivity index (χ1n) is 7.38. The number of fused-ring (bicyclic) bond motifs is 1. The van der Waals surface area contributed by atoms with Crippen molar-refractivity contribution < 1.29 is 14.3 Å². The van der Waals surface area contributed by atoms with Crippen molar-refractivity contribution in [2.24, 2.45) is 5.92 Å². The maximum atomic E-state index is 12.0. The van der Waals surface area contributed by atoms with Gasteiger partial charge in [0.15, 0.2) is 11.5 Å². The highest BCUT2D eigenvalue weighted by atomic mass is 16.5. The third-order valence-electron chi connectivity index (χ3n) is 3.54. The molecule has 2 rings (SSSR count). The van der Waals surface area contributed by atoms with Crippen molar-refractivity contribution in [3.05, 3.63) is 22.8 Å². The van der Waals surface area contributed by atoms with Crippen LogP contribution in [0.3, 0.4) is 0 Å². The zero-order valence-electron chi connectivity index (χ0n) is 13.1. The molecular formula is C15H23N3O3. The fourth-order valence-corrected chi connectivity index (χ4v) is 2.50. The van der Waals surface area contributed by atoms with Crippen LogP contribution in [0.4, 0.5) is 0 Å². The molecule has 2 heterocycles. The molecule has 1 aromatic heterocycles. The molecule has 1 aliphatic heterocycles. The molecule has 6 nitrogen and oxygen atoms in total. The van der Waals surface area contributed by atoms with Crippen molar-refractivity contribution in [1.29, 1.82) is 0 Å². The fraction of sp³-hybridized carbons (Fsp3) is 0.667. The number of hydrogen-bond acceptors (Lipinski definition) is 6. The number of carbonyl (C=O) groups is 1. The van der Waals surface area contributed by atoms with Crippen LogP contribution >= 0.6 is 0 Å². The first-order chi connectivity index (χ1) is 10.1. The van der Waals surface area contributed by atoms with E-state index in [9.17, 15) is 4.79 Å². The van der Waals surface area contributed by atoms with Crippen molar-refractivity contribution in [2.45, 2.75) is 39.8 Å². The van der Waals surface area contributed by atoms with E-state index in [-0.39, 0.29) is 12.0 Å². The van der Waals surface area contributed by atoms with Crippen LogP contribution in [-0.4, -0.2) is 36.2 Å². The second-order valence-electron chi connectivity index (χ2n) is 5.39. The van der Waals surface area contributed by atoms with Gasteiger partial charge < -0.3 is 14.8 Å². The molecule has 21 heavy (non-hydrogen) atoms. The van der Waals surface area contributed by atoms with Crippen molar-refractivity contribution in [2.75, 3.05) is 20.3 Å². The van der Waals surface area contributed by atoms with Crippen LogP contribution in [0.1, 0.15) is 54.4 Å². The zero-order chi connectivity index (χ0) is 15.4. The predicted octanol–water partition coefficient (Wildman–Crippen LogP) is 1.64. The van der Waals surface area contributed by atoms with E-state index < -0.39 is 5.97 Å².